The average molecular weight is 315 g/mol. The molecule has 2 rings (SSSR count). The molecule has 2 aromatic rings. The molecule has 0 aromatic heterocycles. The number of nitrogens with two attached hydrogens (primary N) is 1. The van der Waals surface area contributed by atoms with Gasteiger partial charge >= 0.3 is 0 Å². The molecule has 0 radical (unpaired) electrons. The number of amides is 1. The fourth-order valence-electron chi connectivity index (χ4n) is 1.82. The first-order valence-corrected chi connectivity index (χ1v) is 6.21. The van der Waals surface area contributed by atoms with E-state index in [4.69, 9.17) is 22.2 Å². The summed E-state index contributed by atoms with van der Waals surface area (Å²) in [7, 11) is 0. The van der Waals surface area contributed by atoms with E-state index in [1.165, 1.54) is 0 Å². The summed E-state index contributed by atoms with van der Waals surface area (Å²) in [5.41, 5.74) is 1.03. The lowest BCUT2D eigenvalue weighted by Crippen LogP contribution is -2.49. The smallest absolute Gasteiger partial charge is 0.277 e. The number of fused-ring (bicyclic) bond motifs is 1. The molecule has 2 aromatic carbocycles. The molecule has 0 fully saturated rings. The summed E-state index contributed by atoms with van der Waals surface area (Å²) in [6.07, 6.45) is 0. The van der Waals surface area contributed by atoms with E-state index in [1.807, 2.05) is 24.3 Å². The summed E-state index contributed by atoms with van der Waals surface area (Å²) >= 11 is 6.14. The summed E-state index contributed by atoms with van der Waals surface area (Å²) in [5.74, 6) is 5.34. The molecule has 0 bridgehead atoms. The van der Waals surface area contributed by atoms with Crippen LogP contribution in [0.1, 0.15) is 13.8 Å². The molecular formula is C14H16Cl2N2O2. The first-order valence-electron chi connectivity index (χ1n) is 5.83. The van der Waals surface area contributed by atoms with Crippen molar-refractivity contribution in [3.8, 4) is 5.75 Å². The maximum absolute atomic E-state index is 11.7. The van der Waals surface area contributed by atoms with Crippen LogP contribution in [-0.4, -0.2) is 11.5 Å². The van der Waals surface area contributed by atoms with E-state index in [9.17, 15) is 4.79 Å². The van der Waals surface area contributed by atoms with E-state index in [0.717, 1.165) is 10.8 Å². The van der Waals surface area contributed by atoms with Gasteiger partial charge in [-0.25, -0.2) is 5.84 Å². The summed E-state index contributed by atoms with van der Waals surface area (Å²) in [6, 6.07) is 11.1. The Kier molecular flexibility index (Phi) is 5.22. The van der Waals surface area contributed by atoms with Crippen LogP contribution in [-0.2, 0) is 4.79 Å². The molecule has 3 N–H and O–H groups in total. The van der Waals surface area contributed by atoms with Gasteiger partial charge in [0.15, 0.2) is 5.60 Å². The molecule has 108 valence electrons. The van der Waals surface area contributed by atoms with Crippen molar-refractivity contribution in [1.29, 1.82) is 0 Å². The van der Waals surface area contributed by atoms with Gasteiger partial charge < -0.3 is 4.74 Å². The highest BCUT2D eigenvalue weighted by Crippen LogP contribution is 2.33. The third kappa shape index (κ3) is 3.15. The molecule has 0 atom stereocenters. The van der Waals surface area contributed by atoms with Gasteiger partial charge in [0.05, 0.1) is 0 Å². The van der Waals surface area contributed by atoms with Crippen LogP contribution in [0.25, 0.3) is 10.8 Å². The molecule has 0 spiro atoms. The lowest BCUT2D eigenvalue weighted by Gasteiger charge is -2.25. The molecular weight excluding hydrogens is 299 g/mol. The van der Waals surface area contributed by atoms with Gasteiger partial charge in [-0.1, -0.05) is 35.9 Å². The molecule has 0 saturated heterocycles. The average Bonchev–Trinajstić information content (AvgIpc) is 2.41. The van der Waals surface area contributed by atoms with Gasteiger partial charge in [0.2, 0.25) is 0 Å². The van der Waals surface area contributed by atoms with Crippen molar-refractivity contribution in [2.75, 3.05) is 0 Å². The summed E-state index contributed by atoms with van der Waals surface area (Å²) in [5, 5.41) is 2.38. The standard InChI is InChI=1S/C14H15ClN2O2.ClH/c1-14(2,13(18)17-16)19-12-8-7-11(15)9-5-3-4-6-10(9)12;/h3-8H,16H2,1-2H3,(H,17,18);1H. The normalized spacial score (nSPS) is 10.8. The second-order valence-electron chi connectivity index (χ2n) is 4.68. The van der Waals surface area contributed by atoms with E-state index in [2.05, 4.69) is 5.43 Å². The van der Waals surface area contributed by atoms with Gasteiger partial charge in [-0.2, -0.15) is 0 Å². The van der Waals surface area contributed by atoms with E-state index in [1.54, 1.807) is 26.0 Å². The summed E-state index contributed by atoms with van der Waals surface area (Å²) in [6.45, 7) is 3.30. The minimum atomic E-state index is -1.06. The Bertz CT molecular complexity index is 630. The Labute approximate surface area is 128 Å². The molecule has 0 heterocycles. The number of hydrazine groups is 1. The number of halogens is 2. The molecule has 0 aliphatic heterocycles. The van der Waals surface area contributed by atoms with Crippen LogP contribution in [0.4, 0.5) is 0 Å². The van der Waals surface area contributed by atoms with Gasteiger partial charge in [0.25, 0.3) is 5.91 Å². The van der Waals surface area contributed by atoms with Crippen LogP contribution in [0, 0.1) is 0 Å². The number of ether oxygens (including phenoxy) is 1. The quantitative estimate of drug-likeness (QED) is 0.520. The Hall–Kier alpha value is -1.49. The molecule has 0 unspecified atom stereocenters. The maximum Gasteiger partial charge on any atom is 0.277 e. The van der Waals surface area contributed by atoms with Gasteiger partial charge in [-0.15, -0.1) is 12.4 Å². The van der Waals surface area contributed by atoms with Crippen LogP contribution in [0.2, 0.25) is 5.02 Å². The first-order chi connectivity index (χ1) is 8.95. The first kappa shape index (κ1) is 16.6. The zero-order valence-electron chi connectivity index (χ0n) is 11.1. The van der Waals surface area contributed by atoms with Crippen molar-refractivity contribution in [2.45, 2.75) is 19.4 Å². The monoisotopic (exact) mass is 314 g/mol. The van der Waals surface area contributed by atoms with Crippen LogP contribution < -0.4 is 16.0 Å². The fourth-order valence-corrected chi connectivity index (χ4v) is 2.05. The van der Waals surface area contributed by atoms with Crippen molar-refractivity contribution in [3.05, 3.63) is 41.4 Å². The molecule has 20 heavy (non-hydrogen) atoms. The zero-order valence-corrected chi connectivity index (χ0v) is 12.7. The van der Waals surface area contributed by atoms with Crippen molar-refractivity contribution in [2.24, 2.45) is 5.84 Å². The summed E-state index contributed by atoms with van der Waals surface area (Å²) < 4.78 is 5.77. The van der Waals surface area contributed by atoms with Crippen molar-refractivity contribution in [1.82, 2.24) is 5.43 Å². The molecule has 0 saturated carbocycles. The highest BCUT2D eigenvalue weighted by atomic mass is 35.5. The van der Waals surface area contributed by atoms with Gasteiger partial charge in [-0.05, 0) is 26.0 Å². The Morgan fingerprint density at radius 3 is 2.40 bits per heavy atom. The number of carbonyl (C=O) groups is 1. The lowest BCUT2D eigenvalue weighted by atomic mass is 10.1. The van der Waals surface area contributed by atoms with Crippen LogP contribution >= 0.6 is 24.0 Å². The van der Waals surface area contributed by atoms with Crippen LogP contribution in [0.3, 0.4) is 0 Å². The number of hydrogen-bond donors (Lipinski definition) is 2. The Morgan fingerprint density at radius 1 is 1.20 bits per heavy atom. The van der Waals surface area contributed by atoms with Gasteiger partial charge in [0, 0.05) is 15.8 Å². The minimum Gasteiger partial charge on any atom is -0.477 e. The van der Waals surface area contributed by atoms with E-state index < -0.39 is 11.5 Å². The molecule has 1 amide bonds. The van der Waals surface area contributed by atoms with Crippen molar-refractivity contribution in [3.63, 3.8) is 0 Å². The highest BCUT2D eigenvalue weighted by Gasteiger charge is 2.29. The zero-order chi connectivity index (χ0) is 14.0. The topological polar surface area (TPSA) is 64.3 Å². The Balaban J connectivity index is 0.00000200. The molecule has 4 nitrogen and oxygen atoms in total. The van der Waals surface area contributed by atoms with Gasteiger partial charge in [0.1, 0.15) is 5.75 Å². The number of rotatable bonds is 3. The largest absolute Gasteiger partial charge is 0.477 e. The van der Waals surface area contributed by atoms with Crippen LogP contribution in [0.5, 0.6) is 5.75 Å². The third-order valence-electron chi connectivity index (χ3n) is 2.87. The summed E-state index contributed by atoms with van der Waals surface area (Å²) in [4.78, 5) is 11.7. The maximum atomic E-state index is 11.7. The Morgan fingerprint density at radius 2 is 1.80 bits per heavy atom. The third-order valence-corrected chi connectivity index (χ3v) is 3.20. The van der Waals surface area contributed by atoms with E-state index in [-0.39, 0.29) is 12.4 Å². The fraction of sp³-hybridized carbons (Fsp3) is 0.214. The molecule has 0 aliphatic carbocycles. The highest BCUT2D eigenvalue weighted by molar-refractivity contribution is 6.35. The minimum absolute atomic E-state index is 0. The SMILES string of the molecule is CC(C)(Oc1ccc(Cl)c2ccccc12)C(=O)NN.Cl. The number of hydrogen-bond acceptors (Lipinski definition) is 3. The molecule has 0 aliphatic rings. The van der Waals surface area contributed by atoms with Crippen molar-refractivity contribution < 1.29 is 9.53 Å². The predicted octanol–water partition coefficient (Wildman–Crippen LogP) is 3.06. The second kappa shape index (κ2) is 6.31. The molecule has 6 heteroatoms. The van der Waals surface area contributed by atoms with E-state index >= 15 is 0 Å². The van der Waals surface area contributed by atoms with E-state index in [0.29, 0.717) is 10.8 Å². The lowest BCUT2D eigenvalue weighted by molar-refractivity contribution is -0.134. The van der Waals surface area contributed by atoms with Crippen molar-refractivity contribution >= 4 is 40.7 Å². The number of benzene rings is 2. The predicted molar refractivity (Wildman–Crippen MR) is 83.2 cm³/mol. The van der Waals surface area contributed by atoms with Crippen LogP contribution in [0.15, 0.2) is 36.4 Å². The number of nitrogens with one attached hydrogen (secondary N) is 1. The van der Waals surface area contributed by atoms with Gasteiger partial charge in [-0.3, -0.25) is 10.2 Å². The number of carbonyl (C=O) groups excluding carboxylic acids is 1. The second-order valence-corrected chi connectivity index (χ2v) is 5.08.